The predicted molar refractivity (Wildman–Crippen MR) is 123 cm³/mol. The van der Waals surface area contributed by atoms with Gasteiger partial charge >= 0.3 is 0 Å². The van der Waals surface area contributed by atoms with Gasteiger partial charge in [-0.1, -0.05) is 17.7 Å². The summed E-state index contributed by atoms with van der Waals surface area (Å²) in [4.78, 5) is 13.1. The molecule has 0 fully saturated rings. The van der Waals surface area contributed by atoms with Crippen LogP contribution in [0.5, 0.6) is 0 Å². The van der Waals surface area contributed by atoms with Crippen LogP contribution < -0.4 is 11.1 Å². The largest absolute Gasteiger partial charge is 0.369 e. The van der Waals surface area contributed by atoms with Crippen LogP contribution in [-0.4, -0.2) is 23.1 Å². The van der Waals surface area contributed by atoms with Gasteiger partial charge in [0.05, 0.1) is 5.52 Å². The van der Waals surface area contributed by atoms with Gasteiger partial charge in [-0.15, -0.1) is 22.7 Å². The van der Waals surface area contributed by atoms with Crippen LogP contribution in [0, 0.1) is 0 Å². The smallest absolute Gasteiger partial charge is 0.155 e. The summed E-state index contributed by atoms with van der Waals surface area (Å²) in [5.41, 5.74) is 6.43. The van der Waals surface area contributed by atoms with E-state index in [0.717, 1.165) is 34.6 Å². The minimum atomic E-state index is 0.638. The van der Waals surface area contributed by atoms with E-state index >= 15 is 0 Å². The van der Waals surface area contributed by atoms with Crippen molar-refractivity contribution in [2.75, 3.05) is 18.4 Å². The monoisotopic (exact) mass is 426 g/mol. The van der Waals surface area contributed by atoms with Crippen molar-refractivity contribution in [1.29, 1.82) is 0 Å². The van der Waals surface area contributed by atoms with E-state index in [9.17, 15) is 0 Å². The van der Waals surface area contributed by atoms with E-state index in [0.29, 0.717) is 17.4 Å². The van der Waals surface area contributed by atoms with Crippen molar-refractivity contribution >= 4 is 63.1 Å². The van der Waals surface area contributed by atoms with E-state index in [1.54, 1.807) is 22.7 Å². The molecule has 0 radical (unpaired) electrons. The van der Waals surface area contributed by atoms with Crippen LogP contribution in [0.15, 0.2) is 47.8 Å². The third-order valence-corrected chi connectivity index (χ3v) is 6.49. The average Bonchev–Trinajstić information content (AvgIpc) is 3.38. The number of nitrogens with zero attached hydrogens (tertiary/aromatic N) is 2. The molecule has 1 aromatic carbocycles. The number of aromatic nitrogens is 2. The maximum atomic E-state index is 6.16. The first kappa shape index (κ1) is 19.1. The molecule has 0 amide bonds. The molecular formula is C21H19ClN4S2. The summed E-state index contributed by atoms with van der Waals surface area (Å²) in [6.45, 7) is 1.41. The van der Waals surface area contributed by atoms with Crippen LogP contribution in [0.2, 0.25) is 5.02 Å². The Hall–Kier alpha value is -2.25. The molecule has 4 aromatic rings. The molecule has 0 atom stereocenters. The number of hydrogen-bond donors (Lipinski definition) is 2. The molecule has 0 bridgehead atoms. The van der Waals surface area contributed by atoms with Crippen molar-refractivity contribution < 1.29 is 0 Å². The van der Waals surface area contributed by atoms with Crippen LogP contribution in [0.3, 0.4) is 0 Å². The van der Waals surface area contributed by atoms with E-state index in [2.05, 4.69) is 51.0 Å². The van der Waals surface area contributed by atoms with Gasteiger partial charge in [0.2, 0.25) is 0 Å². The van der Waals surface area contributed by atoms with Crippen molar-refractivity contribution in [3.63, 3.8) is 0 Å². The normalized spacial score (nSPS) is 11.5. The second-order valence-corrected chi connectivity index (χ2v) is 8.67. The molecular weight excluding hydrogens is 408 g/mol. The Bertz CT molecular complexity index is 1100. The lowest BCUT2D eigenvalue weighted by molar-refractivity contribution is 0.870. The minimum absolute atomic E-state index is 0.638. The predicted octanol–water partition coefficient (Wildman–Crippen LogP) is 6.00. The quantitative estimate of drug-likeness (QED) is 0.355. The van der Waals surface area contributed by atoms with E-state index in [4.69, 9.17) is 17.3 Å². The van der Waals surface area contributed by atoms with Crippen molar-refractivity contribution in [3.8, 4) is 9.75 Å². The molecule has 7 heteroatoms. The Labute approximate surface area is 176 Å². The number of nitrogens with one attached hydrogen (secondary N) is 1. The molecule has 0 saturated heterocycles. The third kappa shape index (κ3) is 4.42. The van der Waals surface area contributed by atoms with Gasteiger partial charge < -0.3 is 11.1 Å². The third-order valence-electron chi connectivity index (χ3n) is 4.14. The number of anilines is 1. The number of rotatable bonds is 7. The fourth-order valence-electron chi connectivity index (χ4n) is 2.79. The number of hydrogen-bond acceptors (Lipinski definition) is 6. The maximum absolute atomic E-state index is 6.16. The Kier molecular flexibility index (Phi) is 6.02. The molecule has 0 spiro atoms. The SMILES string of the molecule is NCCCNc1nc(C=Cc2ccc(-c3cccs3)s2)nc2cc(Cl)ccc12. The van der Waals surface area contributed by atoms with E-state index in [-0.39, 0.29) is 0 Å². The van der Waals surface area contributed by atoms with Crippen LogP contribution in [0.1, 0.15) is 17.1 Å². The molecule has 0 unspecified atom stereocenters. The van der Waals surface area contributed by atoms with E-state index in [1.807, 2.05) is 24.3 Å². The Morgan fingerprint density at radius 3 is 2.82 bits per heavy atom. The van der Waals surface area contributed by atoms with Gasteiger partial charge in [-0.05, 0) is 66.9 Å². The second kappa shape index (κ2) is 8.84. The highest BCUT2D eigenvalue weighted by Gasteiger charge is 2.07. The Balaban J connectivity index is 1.63. The van der Waals surface area contributed by atoms with Crippen molar-refractivity contribution in [1.82, 2.24) is 9.97 Å². The van der Waals surface area contributed by atoms with Crippen molar-refractivity contribution in [2.24, 2.45) is 5.73 Å². The molecule has 3 N–H and O–H groups in total. The van der Waals surface area contributed by atoms with Gasteiger partial charge in [0, 0.05) is 31.6 Å². The lowest BCUT2D eigenvalue weighted by Crippen LogP contribution is -2.10. The highest BCUT2D eigenvalue weighted by Crippen LogP contribution is 2.32. The molecule has 0 aliphatic carbocycles. The number of nitrogens with two attached hydrogens (primary N) is 1. The second-order valence-electron chi connectivity index (χ2n) is 6.17. The van der Waals surface area contributed by atoms with Gasteiger partial charge in [-0.25, -0.2) is 9.97 Å². The summed E-state index contributed by atoms with van der Waals surface area (Å²) < 4.78 is 0. The maximum Gasteiger partial charge on any atom is 0.155 e. The van der Waals surface area contributed by atoms with Gasteiger partial charge in [-0.3, -0.25) is 0 Å². The molecule has 3 heterocycles. The average molecular weight is 427 g/mol. The highest BCUT2D eigenvalue weighted by molar-refractivity contribution is 7.21. The molecule has 4 rings (SSSR count). The summed E-state index contributed by atoms with van der Waals surface area (Å²) in [5, 5.41) is 7.07. The van der Waals surface area contributed by atoms with Crippen LogP contribution in [0.25, 0.3) is 32.8 Å². The summed E-state index contributed by atoms with van der Waals surface area (Å²) >= 11 is 9.67. The Morgan fingerprint density at radius 2 is 2.00 bits per heavy atom. The standard InChI is InChI=1S/C21H19ClN4S2/c22-14-4-7-16-17(13-14)25-20(26-21(16)24-11-2-10-23)9-6-15-5-8-19(28-15)18-3-1-12-27-18/h1,3-9,12-13H,2,10-11,23H2,(H,24,25,26). The summed E-state index contributed by atoms with van der Waals surface area (Å²) in [6, 6.07) is 14.1. The topological polar surface area (TPSA) is 63.8 Å². The molecule has 3 aromatic heterocycles. The summed E-state index contributed by atoms with van der Waals surface area (Å²) in [6.07, 6.45) is 4.88. The fraction of sp³-hybridized carbons (Fsp3) is 0.143. The van der Waals surface area contributed by atoms with Crippen LogP contribution in [-0.2, 0) is 0 Å². The minimum Gasteiger partial charge on any atom is -0.369 e. The zero-order chi connectivity index (χ0) is 19.3. The van der Waals surface area contributed by atoms with E-state index < -0.39 is 0 Å². The van der Waals surface area contributed by atoms with Gasteiger partial charge in [0.1, 0.15) is 5.82 Å². The molecule has 0 aliphatic rings. The highest BCUT2D eigenvalue weighted by atomic mass is 35.5. The fourth-order valence-corrected chi connectivity index (χ4v) is 4.70. The lowest BCUT2D eigenvalue weighted by atomic mass is 10.2. The zero-order valence-corrected chi connectivity index (χ0v) is 17.4. The molecule has 28 heavy (non-hydrogen) atoms. The first-order valence-electron chi connectivity index (χ1n) is 8.96. The molecule has 0 saturated carbocycles. The first-order chi connectivity index (χ1) is 13.7. The van der Waals surface area contributed by atoms with Crippen molar-refractivity contribution in [3.05, 3.63) is 63.6 Å². The van der Waals surface area contributed by atoms with Crippen molar-refractivity contribution in [2.45, 2.75) is 6.42 Å². The zero-order valence-electron chi connectivity index (χ0n) is 15.1. The molecule has 4 nitrogen and oxygen atoms in total. The Morgan fingerprint density at radius 1 is 1.07 bits per heavy atom. The molecule has 142 valence electrons. The molecule has 0 aliphatic heterocycles. The first-order valence-corrected chi connectivity index (χ1v) is 11.0. The van der Waals surface area contributed by atoms with Gasteiger partial charge in [-0.2, -0.15) is 0 Å². The lowest BCUT2D eigenvalue weighted by Gasteiger charge is -2.09. The number of benzene rings is 1. The summed E-state index contributed by atoms with van der Waals surface area (Å²) in [5.74, 6) is 1.45. The van der Waals surface area contributed by atoms with Gasteiger partial charge in [0.15, 0.2) is 5.82 Å². The van der Waals surface area contributed by atoms with Crippen LogP contribution in [0.4, 0.5) is 5.82 Å². The van der Waals surface area contributed by atoms with Gasteiger partial charge in [0.25, 0.3) is 0 Å². The van der Waals surface area contributed by atoms with Crippen LogP contribution >= 0.6 is 34.3 Å². The number of thiophene rings is 2. The number of halogens is 1. The van der Waals surface area contributed by atoms with E-state index in [1.165, 1.54) is 9.75 Å². The number of fused-ring (bicyclic) bond motifs is 1. The summed E-state index contributed by atoms with van der Waals surface area (Å²) in [7, 11) is 0.